The van der Waals surface area contributed by atoms with Gasteiger partial charge in [-0.3, -0.25) is 5.41 Å². The Hall–Kier alpha value is -1.88. The largest absolute Gasteiger partial charge is 0.383 e. The number of nitrogens with two attached hydrogens (primary N) is 1. The second kappa shape index (κ2) is 11.1. The van der Waals surface area contributed by atoms with Crippen molar-refractivity contribution >= 4 is 65.7 Å². The van der Waals surface area contributed by atoms with Gasteiger partial charge in [0.15, 0.2) is 0 Å². The van der Waals surface area contributed by atoms with Crippen molar-refractivity contribution in [2.75, 3.05) is 6.26 Å². The molecule has 0 bridgehead atoms. The maximum absolute atomic E-state index is 13.2. The number of benzene rings is 1. The van der Waals surface area contributed by atoms with Gasteiger partial charge < -0.3 is 10.3 Å². The summed E-state index contributed by atoms with van der Waals surface area (Å²) in [5.41, 5.74) is 6.98. The summed E-state index contributed by atoms with van der Waals surface area (Å²) in [6, 6.07) is 4.64. The summed E-state index contributed by atoms with van der Waals surface area (Å²) in [7, 11) is -3.77. The van der Waals surface area contributed by atoms with Crippen molar-refractivity contribution in [3.8, 4) is 0 Å². The number of thiophene rings is 1. The summed E-state index contributed by atoms with van der Waals surface area (Å²) < 4.78 is 29.7. The maximum Gasteiger partial charge on any atom is 0.208 e. The minimum Gasteiger partial charge on any atom is -0.383 e. The average molecular weight is 542 g/mol. The fourth-order valence-corrected chi connectivity index (χ4v) is 7.37. The highest BCUT2D eigenvalue weighted by Gasteiger charge is 2.26. The molecular formula is C21H25BrN4O2S3. The Bertz CT molecular complexity index is 1210. The number of hydrogen-bond donors (Lipinski definition) is 2. The predicted octanol–water partition coefficient (Wildman–Crippen LogP) is 5.86. The number of sulfone groups is 1. The first-order chi connectivity index (χ1) is 14.7. The van der Waals surface area contributed by atoms with Gasteiger partial charge in [0.2, 0.25) is 9.84 Å². The topological polar surface area (TPSA) is 102 Å². The zero-order chi connectivity index (χ0) is 23.2. The normalized spacial score (nSPS) is 11.1. The summed E-state index contributed by atoms with van der Waals surface area (Å²) >= 11 is 6.02. The molecule has 0 aliphatic rings. The molecule has 0 radical (unpaired) electrons. The number of thioether (sulfide) groups is 1. The van der Waals surface area contributed by atoms with Crippen LogP contribution in [0.1, 0.15) is 24.6 Å². The van der Waals surface area contributed by atoms with Crippen molar-refractivity contribution in [1.29, 1.82) is 5.41 Å². The Balaban J connectivity index is 0.000000785. The lowest BCUT2D eigenvalue weighted by atomic mass is 10.3. The molecule has 0 spiro atoms. The van der Waals surface area contributed by atoms with E-state index in [0.717, 1.165) is 18.4 Å². The van der Waals surface area contributed by atoms with Gasteiger partial charge in [0.25, 0.3) is 0 Å². The predicted molar refractivity (Wildman–Crippen MR) is 135 cm³/mol. The highest BCUT2D eigenvalue weighted by molar-refractivity contribution is 9.10. The van der Waals surface area contributed by atoms with E-state index in [1.165, 1.54) is 29.2 Å². The van der Waals surface area contributed by atoms with Gasteiger partial charge in [-0.15, -0.1) is 36.3 Å². The van der Waals surface area contributed by atoms with Crippen LogP contribution < -0.4 is 5.73 Å². The third-order valence-corrected chi connectivity index (χ3v) is 9.14. The van der Waals surface area contributed by atoms with Gasteiger partial charge >= 0.3 is 0 Å². The first-order valence-corrected chi connectivity index (χ1v) is 13.7. The molecular weight excluding hydrogens is 516 g/mol. The first-order valence-electron chi connectivity index (χ1n) is 9.34. The van der Waals surface area contributed by atoms with Crippen molar-refractivity contribution in [3.63, 3.8) is 0 Å². The monoisotopic (exact) mass is 540 g/mol. The number of allylic oxidation sites excluding steroid dienone is 2. The molecule has 0 aliphatic carbocycles. The van der Waals surface area contributed by atoms with Gasteiger partial charge in [0, 0.05) is 11.0 Å². The number of aryl methyl sites for hydroxylation is 1. The van der Waals surface area contributed by atoms with Crippen LogP contribution in [0.2, 0.25) is 0 Å². The molecule has 3 aromatic rings. The molecule has 0 saturated heterocycles. The third-order valence-electron chi connectivity index (χ3n) is 4.22. The molecule has 2 aromatic heterocycles. The van der Waals surface area contributed by atoms with Crippen LogP contribution in [0, 0.1) is 5.41 Å². The summed E-state index contributed by atoms with van der Waals surface area (Å²) in [6.07, 6.45) is 9.07. The fourth-order valence-electron chi connectivity index (χ4n) is 2.63. The zero-order valence-electron chi connectivity index (χ0n) is 17.4. The van der Waals surface area contributed by atoms with E-state index in [4.69, 9.17) is 11.1 Å². The second-order valence-corrected chi connectivity index (χ2v) is 11.3. The maximum atomic E-state index is 13.2. The van der Waals surface area contributed by atoms with Crippen molar-refractivity contribution in [1.82, 2.24) is 9.55 Å². The molecule has 2 heterocycles. The number of nitrogens with zero attached hydrogens (tertiary/aromatic N) is 2. The zero-order valence-corrected chi connectivity index (χ0v) is 21.4. The van der Waals surface area contributed by atoms with Crippen LogP contribution in [0.3, 0.4) is 0 Å². The van der Waals surface area contributed by atoms with Crippen LogP contribution in [0.4, 0.5) is 0 Å². The van der Waals surface area contributed by atoms with Gasteiger partial charge in [0.1, 0.15) is 5.84 Å². The summed E-state index contributed by atoms with van der Waals surface area (Å²) in [6.45, 7) is 9.98. The highest BCUT2D eigenvalue weighted by atomic mass is 79.9. The van der Waals surface area contributed by atoms with E-state index in [1.807, 2.05) is 16.7 Å². The Morgan fingerprint density at radius 2 is 2.03 bits per heavy atom. The number of halogens is 1. The van der Waals surface area contributed by atoms with Crippen molar-refractivity contribution < 1.29 is 8.42 Å². The molecule has 0 saturated carbocycles. The quantitative estimate of drug-likeness (QED) is 0.161. The van der Waals surface area contributed by atoms with E-state index in [1.54, 1.807) is 24.7 Å². The van der Waals surface area contributed by atoms with Crippen molar-refractivity contribution in [2.45, 2.75) is 40.3 Å². The molecule has 0 atom stereocenters. The Labute approximate surface area is 199 Å². The van der Waals surface area contributed by atoms with E-state index in [0.29, 0.717) is 25.6 Å². The standard InChI is InChI=1S/C17H17BrN4O2S3.C4H8/c1-3-4-5-22-9-21-12-7-10(6-11(18)15(12)22)27(23,24)14-8-13(16(19)20)26-17(14)25-2;1-3-4-2/h3,6-9H,1,4-5H2,2H3,(H3,19,20);3H,1,4H2,2H3. The molecule has 0 amide bonds. The highest BCUT2D eigenvalue weighted by Crippen LogP contribution is 2.38. The number of rotatable bonds is 8. The molecule has 10 heteroatoms. The molecule has 1 aromatic carbocycles. The fraction of sp³-hybridized carbons (Fsp3) is 0.238. The van der Waals surface area contributed by atoms with Crippen LogP contribution in [0.5, 0.6) is 0 Å². The van der Waals surface area contributed by atoms with Crippen LogP contribution in [0.15, 0.2) is 68.3 Å². The van der Waals surface area contributed by atoms with E-state index in [2.05, 4.69) is 41.0 Å². The van der Waals surface area contributed by atoms with Gasteiger partial charge in [-0.1, -0.05) is 19.1 Å². The lowest BCUT2D eigenvalue weighted by Gasteiger charge is -2.08. The molecule has 0 unspecified atom stereocenters. The van der Waals surface area contributed by atoms with E-state index in [9.17, 15) is 8.42 Å². The lowest BCUT2D eigenvalue weighted by molar-refractivity contribution is 0.595. The van der Waals surface area contributed by atoms with E-state index in [-0.39, 0.29) is 15.6 Å². The minimum atomic E-state index is -3.77. The minimum absolute atomic E-state index is 0.144. The molecule has 31 heavy (non-hydrogen) atoms. The molecule has 166 valence electrons. The van der Waals surface area contributed by atoms with Crippen LogP contribution >= 0.6 is 39.0 Å². The number of aromatic nitrogens is 2. The van der Waals surface area contributed by atoms with Crippen LogP contribution in [-0.4, -0.2) is 30.1 Å². The van der Waals surface area contributed by atoms with Gasteiger partial charge in [-0.05, 0) is 53.2 Å². The van der Waals surface area contributed by atoms with Crippen LogP contribution in [-0.2, 0) is 16.4 Å². The average Bonchev–Trinajstić information content (AvgIpc) is 3.37. The molecule has 3 N–H and O–H groups in total. The second-order valence-electron chi connectivity index (χ2n) is 6.37. The first kappa shape index (κ1) is 25.4. The SMILES string of the molecule is C=CCC.C=CCCn1cnc2cc(S(=O)(=O)c3cc(C(=N)N)sc3SC)cc(Br)c21. The van der Waals surface area contributed by atoms with Gasteiger partial charge in [-0.2, -0.15) is 0 Å². The van der Waals surface area contributed by atoms with Crippen LogP contribution in [0.25, 0.3) is 11.0 Å². The molecule has 3 rings (SSSR count). The molecule has 0 aliphatic heterocycles. The number of fused-ring (bicyclic) bond motifs is 1. The Morgan fingerprint density at radius 1 is 1.35 bits per heavy atom. The number of nitrogen functional groups attached to an aromatic ring is 1. The number of hydrogen-bond acceptors (Lipinski definition) is 6. The van der Waals surface area contributed by atoms with Crippen molar-refractivity contribution in [3.05, 3.63) is 59.2 Å². The van der Waals surface area contributed by atoms with E-state index >= 15 is 0 Å². The number of amidine groups is 1. The van der Waals surface area contributed by atoms with Gasteiger partial charge in [-0.25, -0.2) is 13.4 Å². The number of imidazole rings is 1. The summed E-state index contributed by atoms with van der Waals surface area (Å²) in [5.74, 6) is -0.144. The van der Waals surface area contributed by atoms with Crippen molar-refractivity contribution in [2.24, 2.45) is 5.73 Å². The summed E-state index contributed by atoms with van der Waals surface area (Å²) in [4.78, 5) is 5.11. The smallest absolute Gasteiger partial charge is 0.208 e. The third kappa shape index (κ3) is 5.68. The Kier molecular flexibility index (Phi) is 9.11. The Morgan fingerprint density at radius 3 is 2.58 bits per heavy atom. The molecule has 6 nitrogen and oxygen atoms in total. The molecule has 0 fully saturated rings. The summed E-state index contributed by atoms with van der Waals surface area (Å²) in [5, 5.41) is 7.59. The lowest BCUT2D eigenvalue weighted by Crippen LogP contribution is -2.09. The van der Waals surface area contributed by atoms with Gasteiger partial charge in [0.05, 0.1) is 36.2 Å². The number of nitrogens with one attached hydrogen (secondary N) is 1. The van der Waals surface area contributed by atoms with E-state index < -0.39 is 9.84 Å².